The predicted octanol–water partition coefficient (Wildman–Crippen LogP) is 3.54. The quantitative estimate of drug-likeness (QED) is 0.602. The monoisotopic (exact) mass is 363 g/mol. The Labute approximate surface area is 154 Å². The maximum atomic E-state index is 12.4. The molecular weight excluding hydrogens is 346 g/mol. The van der Waals surface area contributed by atoms with Crippen molar-refractivity contribution in [1.29, 1.82) is 0 Å². The van der Waals surface area contributed by atoms with Crippen molar-refractivity contribution in [3.05, 3.63) is 75.7 Å². The lowest BCUT2D eigenvalue weighted by molar-refractivity contribution is 0.239. The molecule has 0 aliphatic rings. The Bertz CT molecular complexity index is 1070. The Kier molecular flexibility index (Phi) is 4.45. The summed E-state index contributed by atoms with van der Waals surface area (Å²) in [6.07, 6.45) is 0.792. The first-order valence-electron chi connectivity index (χ1n) is 8.26. The largest absolute Gasteiger partial charge is 0.344 e. The Morgan fingerprint density at radius 2 is 2.08 bits per heavy atom. The molecule has 0 atom stereocenters. The van der Waals surface area contributed by atoms with Gasteiger partial charge in [0.2, 0.25) is 0 Å². The molecule has 130 valence electrons. The summed E-state index contributed by atoms with van der Waals surface area (Å²) in [6.45, 7) is 2.45. The van der Waals surface area contributed by atoms with Gasteiger partial charge in [0.05, 0.1) is 17.8 Å². The Morgan fingerprint density at radius 3 is 2.96 bits per heavy atom. The van der Waals surface area contributed by atoms with Crippen molar-refractivity contribution in [1.82, 2.24) is 25.3 Å². The Hall–Kier alpha value is -3.06. The lowest BCUT2D eigenvalue weighted by atomic mass is 10.1. The molecule has 0 saturated carbocycles. The summed E-state index contributed by atoms with van der Waals surface area (Å²) < 4.78 is 1.27. The normalized spacial score (nSPS) is 11.0. The van der Waals surface area contributed by atoms with Crippen LogP contribution in [-0.4, -0.2) is 26.0 Å². The molecule has 2 heterocycles. The van der Waals surface area contributed by atoms with Crippen LogP contribution < -0.4 is 5.32 Å². The van der Waals surface area contributed by atoms with Crippen molar-refractivity contribution in [2.45, 2.75) is 19.9 Å². The first-order chi connectivity index (χ1) is 12.7. The first-order valence-corrected chi connectivity index (χ1v) is 9.14. The topological polar surface area (TPSA) is 72.7 Å². The van der Waals surface area contributed by atoms with E-state index in [1.165, 1.54) is 15.8 Å². The van der Waals surface area contributed by atoms with Gasteiger partial charge in [0.25, 0.3) is 0 Å². The molecule has 6 nitrogen and oxygen atoms in total. The van der Waals surface area contributed by atoms with Gasteiger partial charge in [0.15, 0.2) is 0 Å². The number of aromatic nitrogens is 4. The van der Waals surface area contributed by atoms with E-state index in [1.807, 2.05) is 29.6 Å². The molecule has 4 rings (SSSR count). The van der Waals surface area contributed by atoms with Crippen LogP contribution in [0.4, 0.5) is 4.79 Å². The second-order valence-electron chi connectivity index (χ2n) is 6.05. The highest BCUT2D eigenvalue weighted by atomic mass is 32.1. The summed E-state index contributed by atoms with van der Waals surface area (Å²) in [7, 11) is 0. The number of fused-ring (bicyclic) bond motifs is 1. The fourth-order valence-electron chi connectivity index (χ4n) is 2.79. The summed E-state index contributed by atoms with van der Waals surface area (Å²) in [4.78, 5) is 17.0. The number of hydrogen-bond donors (Lipinski definition) is 1. The van der Waals surface area contributed by atoms with Gasteiger partial charge in [0, 0.05) is 11.8 Å². The lowest BCUT2D eigenvalue weighted by Gasteiger charge is -2.03. The maximum absolute atomic E-state index is 12.4. The molecule has 0 aliphatic carbocycles. The molecular formula is C19H17N5OS. The number of aryl methyl sites for hydroxylation is 1. The van der Waals surface area contributed by atoms with Crippen LogP contribution in [0.5, 0.6) is 0 Å². The lowest BCUT2D eigenvalue weighted by Crippen LogP contribution is -2.28. The number of amides is 1. The van der Waals surface area contributed by atoms with E-state index in [4.69, 9.17) is 0 Å². The summed E-state index contributed by atoms with van der Waals surface area (Å²) in [6, 6.07) is 15.5. The summed E-state index contributed by atoms with van der Waals surface area (Å²) in [5.41, 5.74) is 4.86. The fourth-order valence-corrected chi connectivity index (χ4v) is 3.52. The van der Waals surface area contributed by atoms with Crippen molar-refractivity contribution in [2.75, 3.05) is 0 Å². The third-order valence-electron chi connectivity index (χ3n) is 4.00. The minimum absolute atomic E-state index is 0.311. The van der Waals surface area contributed by atoms with E-state index in [-0.39, 0.29) is 6.03 Å². The smallest absolute Gasteiger partial charge is 0.330 e. The number of benzene rings is 2. The zero-order chi connectivity index (χ0) is 17.9. The van der Waals surface area contributed by atoms with E-state index in [1.54, 1.807) is 11.3 Å². The van der Waals surface area contributed by atoms with E-state index < -0.39 is 0 Å². The number of nitrogens with zero attached hydrogens (tertiary/aromatic N) is 4. The molecule has 0 saturated heterocycles. The van der Waals surface area contributed by atoms with Crippen molar-refractivity contribution in [2.24, 2.45) is 0 Å². The zero-order valence-corrected chi connectivity index (χ0v) is 15.0. The number of rotatable bonds is 4. The zero-order valence-electron chi connectivity index (χ0n) is 14.2. The highest BCUT2D eigenvalue weighted by Gasteiger charge is 2.12. The van der Waals surface area contributed by atoms with Crippen LogP contribution in [0.2, 0.25) is 0 Å². The van der Waals surface area contributed by atoms with Crippen molar-refractivity contribution in [3.8, 4) is 0 Å². The third-order valence-corrected chi connectivity index (χ3v) is 4.90. The Balaban J connectivity index is 1.41. The molecule has 1 N–H and O–H groups in total. The molecule has 0 bridgehead atoms. The summed E-state index contributed by atoms with van der Waals surface area (Å²) in [5, 5.41) is 13.7. The average Bonchev–Trinajstić information content (AvgIpc) is 3.26. The molecule has 26 heavy (non-hydrogen) atoms. The van der Waals surface area contributed by atoms with Gasteiger partial charge in [0.1, 0.15) is 10.5 Å². The highest BCUT2D eigenvalue weighted by molar-refractivity contribution is 7.09. The standard InChI is InChI=1S/C19H17N5OS/c1-13-5-4-6-14(9-13)10-15-12-26-18(21-15)11-20-19(25)24-17-8-3-2-7-16(17)22-23-24/h2-9,12H,10-11H2,1H3,(H,20,25). The first kappa shape index (κ1) is 16.4. The van der Waals surface area contributed by atoms with E-state index in [0.717, 1.165) is 17.1 Å². The van der Waals surface area contributed by atoms with Gasteiger partial charge in [-0.25, -0.2) is 9.78 Å². The van der Waals surface area contributed by atoms with Crippen LogP contribution in [0, 0.1) is 6.92 Å². The summed E-state index contributed by atoms with van der Waals surface area (Å²) >= 11 is 1.54. The van der Waals surface area contributed by atoms with Crippen molar-refractivity contribution < 1.29 is 4.79 Å². The van der Waals surface area contributed by atoms with Crippen LogP contribution >= 0.6 is 11.3 Å². The van der Waals surface area contributed by atoms with Crippen LogP contribution in [0.25, 0.3) is 11.0 Å². The van der Waals surface area contributed by atoms with Gasteiger partial charge in [-0.3, -0.25) is 0 Å². The van der Waals surface area contributed by atoms with Crippen molar-refractivity contribution in [3.63, 3.8) is 0 Å². The molecule has 4 aromatic rings. The minimum Gasteiger partial charge on any atom is -0.330 e. The van der Waals surface area contributed by atoms with E-state index in [0.29, 0.717) is 17.6 Å². The fraction of sp³-hybridized carbons (Fsp3) is 0.158. The molecule has 0 radical (unpaired) electrons. The molecule has 0 spiro atoms. The number of hydrogen-bond acceptors (Lipinski definition) is 5. The molecule has 0 fully saturated rings. The highest BCUT2D eigenvalue weighted by Crippen LogP contribution is 2.15. The van der Waals surface area contributed by atoms with Gasteiger partial charge in [-0.15, -0.1) is 16.4 Å². The molecule has 2 aromatic heterocycles. The second kappa shape index (κ2) is 7.05. The second-order valence-corrected chi connectivity index (χ2v) is 6.99. The molecule has 1 amide bonds. The number of para-hydroxylation sites is 1. The molecule has 2 aromatic carbocycles. The van der Waals surface area contributed by atoms with Gasteiger partial charge in [-0.05, 0) is 24.6 Å². The minimum atomic E-state index is -0.311. The number of nitrogens with one attached hydrogen (secondary N) is 1. The van der Waals surface area contributed by atoms with Gasteiger partial charge in [-0.1, -0.05) is 47.2 Å². The third kappa shape index (κ3) is 3.48. The van der Waals surface area contributed by atoms with Gasteiger partial charge < -0.3 is 5.32 Å². The van der Waals surface area contributed by atoms with Crippen LogP contribution in [-0.2, 0) is 13.0 Å². The number of carbonyl (C=O) groups excluding carboxylic acids is 1. The number of carbonyl (C=O) groups is 1. The van der Waals surface area contributed by atoms with E-state index >= 15 is 0 Å². The van der Waals surface area contributed by atoms with Gasteiger partial charge >= 0.3 is 6.03 Å². The number of thiazole rings is 1. The van der Waals surface area contributed by atoms with Crippen LogP contribution in [0.1, 0.15) is 21.8 Å². The van der Waals surface area contributed by atoms with E-state index in [2.05, 4.69) is 51.8 Å². The van der Waals surface area contributed by atoms with Crippen molar-refractivity contribution >= 4 is 28.4 Å². The van der Waals surface area contributed by atoms with Crippen LogP contribution in [0.15, 0.2) is 53.9 Å². The molecule has 0 aliphatic heterocycles. The van der Waals surface area contributed by atoms with Crippen LogP contribution in [0.3, 0.4) is 0 Å². The SMILES string of the molecule is Cc1cccc(Cc2csc(CNC(=O)n3nnc4ccccc43)n2)c1. The molecule has 0 unspecified atom stereocenters. The Morgan fingerprint density at radius 1 is 1.19 bits per heavy atom. The molecule has 7 heteroatoms. The average molecular weight is 363 g/mol. The summed E-state index contributed by atoms with van der Waals surface area (Å²) in [5.74, 6) is 0. The maximum Gasteiger partial charge on any atom is 0.344 e. The van der Waals surface area contributed by atoms with E-state index in [9.17, 15) is 4.79 Å². The van der Waals surface area contributed by atoms with Gasteiger partial charge in [-0.2, -0.15) is 4.68 Å². The predicted molar refractivity (Wildman–Crippen MR) is 101 cm³/mol.